The summed E-state index contributed by atoms with van der Waals surface area (Å²) in [6.07, 6.45) is 6.05. The number of rotatable bonds is 10. The normalized spacial score (nSPS) is 13.2. The zero-order chi connectivity index (χ0) is 28.3. The molecule has 0 spiro atoms. The molecule has 0 radical (unpaired) electrons. The van der Waals surface area contributed by atoms with Gasteiger partial charge >= 0.3 is 0 Å². The van der Waals surface area contributed by atoms with Gasteiger partial charge in [-0.1, -0.05) is 6.07 Å². The lowest BCUT2D eigenvalue weighted by atomic mass is 9.98. The molecule has 11 heteroatoms. The number of nitrogens with zero attached hydrogens (tertiary/aromatic N) is 5. The maximum Gasteiger partial charge on any atom is 0.226 e. The third kappa shape index (κ3) is 5.23. The van der Waals surface area contributed by atoms with Crippen LogP contribution in [0.1, 0.15) is 22.3 Å². The Hall–Kier alpha value is -4.77. The first-order chi connectivity index (χ1) is 20.1. The molecule has 0 aliphatic carbocycles. The highest BCUT2D eigenvalue weighted by Gasteiger charge is 2.22. The molecule has 0 fully saturated rings. The predicted octanol–water partition coefficient (Wildman–Crippen LogP) is 4.59. The fraction of sp³-hybridized carbons (Fsp3) is 0.300. The highest BCUT2D eigenvalue weighted by atomic mass is 16.5. The number of benzene rings is 2. The molecule has 212 valence electrons. The van der Waals surface area contributed by atoms with Crippen molar-refractivity contribution < 1.29 is 23.4 Å². The van der Waals surface area contributed by atoms with Gasteiger partial charge in [0.2, 0.25) is 5.95 Å². The van der Waals surface area contributed by atoms with E-state index < -0.39 is 0 Å². The van der Waals surface area contributed by atoms with Gasteiger partial charge < -0.3 is 28.7 Å². The number of fused-ring (bicyclic) bond motifs is 2. The molecule has 11 nitrogen and oxygen atoms in total. The summed E-state index contributed by atoms with van der Waals surface area (Å²) in [5.41, 5.74) is 6.04. The lowest BCUT2D eigenvalue weighted by Gasteiger charge is -2.29. The molecule has 5 aromatic rings. The van der Waals surface area contributed by atoms with Gasteiger partial charge in [-0.15, -0.1) is 5.10 Å². The van der Waals surface area contributed by atoms with Gasteiger partial charge in [-0.2, -0.15) is 4.52 Å². The van der Waals surface area contributed by atoms with Crippen LogP contribution in [0.25, 0.3) is 17.0 Å². The molecule has 2 aromatic carbocycles. The van der Waals surface area contributed by atoms with E-state index >= 15 is 0 Å². The summed E-state index contributed by atoms with van der Waals surface area (Å²) in [7, 11) is 6.58. The van der Waals surface area contributed by atoms with E-state index in [1.54, 1.807) is 45.5 Å². The average Bonchev–Trinajstić information content (AvgIpc) is 3.71. The molecule has 0 saturated heterocycles. The van der Waals surface area contributed by atoms with Crippen LogP contribution in [0, 0.1) is 0 Å². The monoisotopic (exact) mass is 556 g/mol. The zero-order valence-corrected chi connectivity index (χ0v) is 23.5. The van der Waals surface area contributed by atoms with E-state index in [1.165, 1.54) is 11.1 Å². The Kier molecular flexibility index (Phi) is 7.34. The van der Waals surface area contributed by atoms with Crippen molar-refractivity contribution >= 4 is 11.6 Å². The molecule has 0 saturated carbocycles. The molecule has 0 amide bonds. The summed E-state index contributed by atoms with van der Waals surface area (Å²) in [5.74, 6) is 4.01. The van der Waals surface area contributed by atoms with E-state index in [4.69, 9.17) is 38.4 Å². The van der Waals surface area contributed by atoms with Gasteiger partial charge in [0.05, 0.1) is 40.3 Å². The summed E-state index contributed by atoms with van der Waals surface area (Å²) < 4.78 is 28.9. The van der Waals surface area contributed by atoms with Crippen LogP contribution in [-0.2, 0) is 26.1 Å². The summed E-state index contributed by atoms with van der Waals surface area (Å²) in [5, 5.41) is 8.20. The predicted molar refractivity (Wildman–Crippen MR) is 153 cm³/mol. The molecule has 0 unspecified atom stereocenters. The van der Waals surface area contributed by atoms with Gasteiger partial charge in [-0.05, 0) is 53.4 Å². The van der Waals surface area contributed by atoms with Gasteiger partial charge in [-0.3, -0.25) is 4.90 Å². The van der Waals surface area contributed by atoms with Crippen molar-refractivity contribution in [3.63, 3.8) is 0 Å². The Bertz CT molecular complexity index is 1670. The van der Waals surface area contributed by atoms with Crippen LogP contribution in [0.2, 0.25) is 0 Å². The van der Waals surface area contributed by atoms with Crippen molar-refractivity contribution in [3.8, 4) is 34.4 Å². The van der Waals surface area contributed by atoms with Crippen LogP contribution in [0.3, 0.4) is 0 Å². The number of ether oxygens (including phenoxy) is 4. The lowest BCUT2D eigenvalue weighted by molar-refractivity contribution is 0.244. The Morgan fingerprint density at radius 3 is 2.39 bits per heavy atom. The Morgan fingerprint density at radius 2 is 1.66 bits per heavy atom. The van der Waals surface area contributed by atoms with Crippen molar-refractivity contribution in [2.75, 3.05) is 40.3 Å². The summed E-state index contributed by atoms with van der Waals surface area (Å²) >= 11 is 0. The van der Waals surface area contributed by atoms with E-state index in [0.29, 0.717) is 36.4 Å². The van der Waals surface area contributed by atoms with Gasteiger partial charge in [0.15, 0.2) is 34.5 Å². The summed E-state index contributed by atoms with van der Waals surface area (Å²) in [4.78, 5) is 12.0. The zero-order valence-electron chi connectivity index (χ0n) is 23.5. The average molecular weight is 557 g/mol. The quantitative estimate of drug-likeness (QED) is 0.262. The second kappa shape index (κ2) is 11.4. The SMILES string of the molecule is COc1ccc(CNc2ncc(CN3CCc4cc(OC)c(OC)cc4C3)c3nc(-c4ccoc4)nn23)cc1OC. The fourth-order valence-corrected chi connectivity index (χ4v) is 5.15. The van der Waals surface area contributed by atoms with Crippen LogP contribution < -0.4 is 24.3 Å². The standard InChI is InChI=1S/C30H32N6O5/c1-37-24-6-5-19(11-25(24)38-2)14-31-30-32-15-23(29-33-28(34-36(29)30)21-8-10-41-18-21)17-35-9-7-20-12-26(39-3)27(40-4)13-22(20)16-35/h5-6,8,10-13,15,18H,7,9,14,16-17H2,1-4H3,(H,31,32). The second-order valence-electron chi connectivity index (χ2n) is 9.77. The smallest absolute Gasteiger partial charge is 0.226 e. The van der Waals surface area contributed by atoms with E-state index in [2.05, 4.69) is 22.3 Å². The molecule has 3 aromatic heterocycles. The molecule has 0 atom stereocenters. The third-order valence-corrected chi connectivity index (χ3v) is 7.31. The number of methoxy groups -OCH3 is 4. The number of nitrogens with one attached hydrogen (secondary N) is 1. The van der Waals surface area contributed by atoms with Crippen LogP contribution in [0.5, 0.6) is 23.0 Å². The van der Waals surface area contributed by atoms with Gasteiger partial charge in [0.25, 0.3) is 0 Å². The van der Waals surface area contributed by atoms with Crippen molar-refractivity contribution in [2.24, 2.45) is 0 Å². The van der Waals surface area contributed by atoms with E-state index in [9.17, 15) is 0 Å². The minimum Gasteiger partial charge on any atom is -0.493 e. The molecular weight excluding hydrogens is 524 g/mol. The lowest BCUT2D eigenvalue weighted by Crippen LogP contribution is -2.30. The summed E-state index contributed by atoms with van der Waals surface area (Å²) in [6, 6.07) is 11.8. The topological polar surface area (TPSA) is 108 Å². The third-order valence-electron chi connectivity index (χ3n) is 7.31. The van der Waals surface area contributed by atoms with Gasteiger partial charge in [0, 0.05) is 37.9 Å². The van der Waals surface area contributed by atoms with Crippen LogP contribution in [0.15, 0.2) is 59.5 Å². The molecule has 1 N–H and O–H groups in total. The minimum atomic E-state index is 0.511. The van der Waals surface area contributed by atoms with E-state index in [-0.39, 0.29) is 0 Å². The van der Waals surface area contributed by atoms with Gasteiger partial charge in [-0.25, -0.2) is 9.97 Å². The van der Waals surface area contributed by atoms with E-state index in [0.717, 1.165) is 53.3 Å². The first-order valence-electron chi connectivity index (χ1n) is 13.3. The number of aromatic nitrogens is 4. The van der Waals surface area contributed by atoms with Crippen molar-refractivity contribution in [1.29, 1.82) is 0 Å². The molecule has 1 aliphatic rings. The second-order valence-corrected chi connectivity index (χ2v) is 9.77. The number of hydrogen-bond donors (Lipinski definition) is 1. The molecule has 4 heterocycles. The maximum absolute atomic E-state index is 5.54. The van der Waals surface area contributed by atoms with Crippen molar-refractivity contribution in [3.05, 3.63) is 77.4 Å². The van der Waals surface area contributed by atoms with Gasteiger partial charge in [0.1, 0.15) is 6.26 Å². The molecule has 6 rings (SSSR count). The molecule has 0 bridgehead atoms. The minimum absolute atomic E-state index is 0.511. The van der Waals surface area contributed by atoms with Crippen LogP contribution >= 0.6 is 0 Å². The van der Waals surface area contributed by atoms with Crippen LogP contribution in [0.4, 0.5) is 5.95 Å². The first-order valence-corrected chi connectivity index (χ1v) is 13.3. The van der Waals surface area contributed by atoms with Crippen molar-refractivity contribution in [2.45, 2.75) is 26.1 Å². The molecule has 41 heavy (non-hydrogen) atoms. The first kappa shape index (κ1) is 26.5. The number of furan rings is 1. The molecule has 1 aliphatic heterocycles. The van der Waals surface area contributed by atoms with E-state index in [1.807, 2.05) is 30.5 Å². The molecular formula is C30H32N6O5. The Morgan fingerprint density at radius 1 is 0.902 bits per heavy atom. The summed E-state index contributed by atoms with van der Waals surface area (Å²) in [6.45, 7) is 2.86. The maximum atomic E-state index is 5.54. The highest BCUT2D eigenvalue weighted by Crippen LogP contribution is 2.34. The Balaban J connectivity index is 1.28. The number of anilines is 1. The van der Waals surface area contributed by atoms with Crippen LogP contribution in [-0.4, -0.2) is 59.5 Å². The highest BCUT2D eigenvalue weighted by molar-refractivity contribution is 5.60. The largest absolute Gasteiger partial charge is 0.493 e. The fourth-order valence-electron chi connectivity index (χ4n) is 5.15. The number of hydrogen-bond acceptors (Lipinski definition) is 10. The van der Waals surface area contributed by atoms with Crippen molar-refractivity contribution in [1.82, 2.24) is 24.5 Å². The Labute approximate surface area is 237 Å².